The van der Waals surface area contributed by atoms with E-state index in [9.17, 15) is 5.11 Å². The molecule has 0 spiro atoms. The largest absolute Gasteiger partial charge is 0.472 e. The molecule has 1 heterocycles. The summed E-state index contributed by atoms with van der Waals surface area (Å²) in [6.07, 6.45) is 0.908. The molecule has 1 aromatic heterocycles. The molecule has 0 aliphatic rings. The molecule has 0 bridgehead atoms. The smallest absolute Gasteiger partial charge is 0.176 e. The van der Waals surface area contributed by atoms with Crippen molar-refractivity contribution >= 4 is 10.9 Å². The van der Waals surface area contributed by atoms with Crippen LogP contribution in [0.25, 0.3) is 10.9 Å². The first kappa shape index (κ1) is 14.9. The molecule has 2 aromatic rings. The van der Waals surface area contributed by atoms with Gasteiger partial charge in [-0.1, -0.05) is 6.07 Å². The van der Waals surface area contributed by atoms with Crippen molar-refractivity contribution in [3.05, 3.63) is 30.0 Å². The van der Waals surface area contributed by atoms with Gasteiger partial charge in [0.25, 0.3) is 0 Å². The summed E-state index contributed by atoms with van der Waals surface area (Å²) < 4.78 is 6.02. The van der Waals surface area contributed by atoms with Crippen molar-refractivity contribution in [2.24, 2.45) is 0 Å². The first-order valence-electron chi connectivity index (χ1n) is 6.97. The molecule has 0 saturated carbocycles. The summed E-state index contributed by atoms with van der Waals surface area (Å²) in [5.41, 5.74) is 2.04. The van der Waals surface area contributed by atoms with Crippen molar-refractivity contribution in [2.45, 2.75) is 52.5 Å². The van der Waals surface area contributed by atoms with Gasteiger partial charge >= 0.3 is 0 Å². The van der Waals surface area contributed by atoms with E-state index in [0.717, 1.165) is 22.2 Å². The van der Waals surface area contributed by atoms with E-state index >= 15 is 0 Å². The molecule has 0 fully saturated rings. The second kappa shape index (κ2) is 5.46. The predicted molar refractivity (Wildman–Crippen MR) is 82.0 cm³/mol. The summed E-state index contributed by atoms with van der Waals surface area (Å²) in [6.45, 7) is 9.92. The van der Waals surface area contributed by atoms with Crippen molar-refractivity contribution in [2.75, 3.05) is 0 Å². The Kier molecular flexibility index (Phi) is 4.06. The Morgan fingerprint density at radius 1 is 1.30 bits per heavy atom. The second-order valence-electron chi connectivity index (χ2n) is 6.32. The molecular formula is C16H24N2O2. The normalized spacial score (nSPS) is 15.3. The zero-order valence-corrected chi connectivity index (χ0v) is 12.8. The highest BCUT2D eigenvalue weighted by Crippen LogP contribution is 2.29. The number of aromatic nitrogens is 1. The maximum absolute atomic E-state index is 9.93. The van der Waals surface area contributed by atoms with Crippen molar-refractivity contribution < 1.29 is 9.84 Å². The van der Waals surface area contributed by atoms with Crippen LogP contribution in [0.3, 0.4) is 0 Å². The van der Waals surface area contributed by atoms with Crippen molar-refractivity contribution in [1.29, 1.82) is 0 Å². The van der Waals surface area contributed by atoms with E-state index in [1.165, 1.54) is 0 Å². The summed E-state index contributed by atoms with van der Waals surface area (Å²) in [4.78, 5) is 3.22. The zero-order chi connectivity index (χ0) is 14.9. The summed E-state index contributed by atoms with van der Waals surface area (Å²) >= 11 is 0. The third-order valence-corrected chi connectivity index (χ3v) is 3.13. The van der Waals surface area contributed by atoms with Gasteiger partial charge in [-0.3, -0.25) is 5.32 Å². The number of H-pyrrole nitrogens is 1. The lowest BCUT2D eigenvalue weighted by molar-refractivity contribution is 0.0122. The number of fused-ring (bicyclic) bond motifs is 1. The Labute approximate surface area is 120 Å². The first-order chi connectivity index (χ1) is 9.28. The number of aromatic amines is 1. The van der Waals surface area contributed by atoms with Crippen LogP contribution in [0.5, 0.6) is 5.75 Å². The fourth-order valence-corrected chi connectivity index (χ4v) is 2.23. The van der Waals surface area contributed by atoms with Crippen molar-refractivity contribution in [3.63, 3.8) is 0 Å². The highest BCUT2D eigenvalue weighted by Gasteiger charge is 2.23. The third-order valence-electron chi connectivity index (χ3n) is 3.13. The topological polar surface area (TPSA) is 57.3 Å². The standard InChI is InChI=1S/C16H24N2O2/c1-10-9-17-12-7-6-8-13(14(10)12)20-15(11(2)19)18-16(3,4)5/h6-9,11,15,17-19H,1-5H3. The number of nitrogens with one attached hydrogen (secondary N) is 2. The van der Waals surface area contributed by atoms with Crippen LogP contribution in [0, 0.1) is 6.92 Å². The minimum atomic E-state index is -0.608. The molecule has 0 amide bonds. The van der Waals surface area contributed by atoms with Crippen LogP contribution >= 0.6 is 0 Å². The van der Waals surface area contributed by atoms with Crippen LogP contribution in [0.2, 0.25) is 0 Å². The van der Waals surface area contributed by atoms with Crippen LogP contribution in [0.15, 0.2) is 24.4 Å². The Morgan fingerprint density at radius 2 is 2.00 bits per heavy atom. The molecule has 4 nitrogen and oxygen atoms in total. The van der Waals surface area contributed by atoms with Crippen LogP contribution < -0.4 is 10.1 Å². The summed E-state index contributed by atoms with van der Waals surface area (Å²) in [5, 5.41) is 14.3. The van der Waals surface area contributed by atoms with Crippen LogP contribution in [-0.2, 0) is 0 Å². The van der Waals surface area contributed by atoms with Gasteiger partial charge in [0, 0.05) is 22.6 Å². The van der Waals surface area contributed by atoms with Gasteiger partial charge in [0.15, 0.2) is 6.23 Å². The minimum Gasteiger partial charge on any atom is -0.472 e. The van der Waals surface area contributed by atoms with Crippen LogP contribution in [-0.4, -0.2) is 28.0 Å². The quantitative estimate of drug-likeness (QED) is 0.753. The monoisotopic (exact) mass is 276 g/mol. The number of hydrogen-bond acceptors (Lipinski definition) is 3. The molecule has 0 saturated heterocycles. The van der Waals surface area contributed by atoms with Gasteiger partial charge in [-0.2, -0.15) is 0 Å². The number of benzene rings is 1. The summed E-state index contributed by atoms with van der Waals surface area (Å²) in [7, 11) is 0. The molecule has 2 atom stereocenters. The summed E-state index contributed by atoms with van der Waals surface area (Å²) in [5.74, 6) is 0.781. The van der Waals surface area contributed by atoms with E-state index in [4.69, 9.17) is 4.74 Å². The van der Waals surface area contributed by atoms with Gasteiger partial charge in [0.05, 0.1) is 0 Å². The number of aryl methyl sites for hydroxylation is 1. The lowest BCUT2D eigenvalue weighted by Crippen LogP contribution is -2.51. The minimum absolute atomic E-state index is 0.136. The molecule has 20 heavy (non-hydrogen) atoms. The number of hydrogen-bond donors (Lipinski definition) is 3. The van der Waals surface area contributed by atoms with Gasteiger partial charge in [0.2, 0.25) is 0 Å². The molecular weight excluding hydrogens is 252 g/mol. The van der Waals surface area contributed by atoms with Gasteiger partial charge < -0.3 is 14.8 Å². The SMILES string of the molecule is Cc1c[nH]c2cccc(OC(NC(C)(C)C)C(C)O)c12. The van der Waals surface area contributed by atoms with E-state index in [1.807, 2.05) is 52.1 Å². The Hall–Kier alpha value is -1.52. The van der Waals surface area contributed by atoms with E-state index in [1.54, 1.807) is 6.92 Å². The van der Waals surface area contributed by atoms with E-state index in [2.05, 4.69) is 10.3 Å². The molecule has 0 aliphatic carbocycles. The molecule has 110 valence electrons. The molecule has 2 unspecified atom stereocenters. The lowest BCUT2D eigenvalue weighted by atomic mass is 10.1. The lowest BCUT2D eigenvalue weighted by Gasteiger charge is -2.31. The molecule has 4 heteroatoms. The Bertz CT molecular complexity index is 582. The molecule has 3 N–H and O–H groups in total. The van der Waals surface area contributed by atoms with E-state index in [0.29, 0.717) is 0 Å². The molecule has 0 radical (unpaired) electrons. The molecule has 0 aliphatic heterocycles. The fourth-order valence-electron chi connectivity index (χ4n) is 2.23. The first-order valence-corrected chi connectivity index (χ1v) is 6.97. The van der Waals surface area contributed by atoms with Gasteiger partial charge in [-0.25, -0.2) is 0 Å². The summed E-state index contributed by atoms with van der Waals surface area (Å²) in [6, 6.07) is 5.90. The van der Waals surface area contributed by atoms with Crippen molar-refractivity contribution in [1.82, 2.24) is 10.3 Å². The highest BCUT2D eigenvalue weighted by molar-refractivity contribution is 5.89. The predicted octanol–water partition coefficient (Wildman–Crippen LogP) is 2.95. The maximum atomic E-state index is 9.93. The van der Waals surface area contributed by atoms with Crippen LogP contribution in [0.1, 0.15) is 33.3 Å². The fraction of sp³-hybridized carbons (Fsp3) is 0.500. The van der Waals surface area contributed by atoms with Gasteiger partial charge in [0.1, 0.15) is 11.9 Å². The average molecular weight is 276 g/mol. The van der Waals surface area contributed by atoms with Crippen LogP contribution in [0.4, 0.5) is 0 Å². The number of rotatable bonds is 4. The molecule has 2 rings (SSSR count). The van der Waals surface area contributed by atoms with Gasteiger partial charge in [-0.15, -0.1) is 0 Å². The maximum Gasteiger partial charge on any atom is 0.176 e. The number of ether oxygens (including phenoxy) is 1. The van der Waals surface area contributed by atoms with E-state index in [-0.39, 0.29) is 5.54 Å². The number of aliphatic hydroxyl groups excluding tert-OH is 1. The Balaban J connectivity index is 2.31. The van der Waals surface area contributed by atoms with E-state index < -0.39 is 12.3 Å². The molecule has 1 aromatic carbocycles. The van der Waals surface area contributed by atoms with Crippen molar-refractivity contribution in [3.8, 4) is 5.75 Å². The highest BCUT2D eigenvalue weighted by atomic mass is 16.5. The zero-order valence-electron chi connectivity index (χ0n) is 12.8. The average Bonchev–Trinajstić information content (AvgIpc) is 2.70. The second-order valence-corrected chi connectivity index (χ2v) is 6.32. The Morgan fingerprint density at radius 3 is 2.60 bits per heavy atom. The number of aliphatic hydroxyl groups is 1. The van der Waals surface area contributed by atoms with Gasteiger partial charge in [-0.05, 0) is 52.3 Å². The third kappa shape index (κ3) is 3.32.